The molecule has 0 unspecified atom stereocenters. The molecule has 1 saturated heterocycles. The van der Waals surface area contributed by atoms with Crippen molar-refractivity contribution in [1.29, 1.82) is 0 Å². The molecule has 0 spiro atoms. The van der Waals surface area contributed by atoms with E-state index in [2.05, 4.69) is 27.1 Å². The largest absolute Gasteiger partial charge is 0.354 e. The van der Waals surface area contributed by atoms with Crippen LogP contribution in [0, 0.1) is 0 Å². The topological polar surface area (TPSA) is 85.9 Å². The molecule has 1 fully saturated rings. The van der Waals surface area contributed by atoms with Crippen molar-refractivity contribution in [3.8, 4) is 0 Å². The number of hydrogen-bond acceptors (Lipinski definition) is 6. The first-order chi connectivity index (χ1) is 11.3. The smallest absolute Gasteiger partial charge is 0.235 e. The summed E-state index contributed by atoms with van der Waals surface area (Å²) in [6.07, 6.45) is 2.81. The Morgan fingerprint density at radius 3 is 2.50 bits per heavy atom. The van der Waals surface area contributed by atoms with Crippen LogP contribution >= 0.6 is 0 Å². The van der Waals surface area contributed by atoms with E-state index in [0.29, 0.717) is 6.54 Å². The van der Waals surface area contributed by atoms with Gasteiger partial charge < -0.3 is 15.1 Å². The molecule has 134 valence electrons. The lowest BCUT2D eigenvalue weighted by Gasteiger charge is -2.33. The molecule has 1 aromatic rings. The van der Waals surface area contributed by atoms with Crippen molar-refractivity contribution in [3.63, 3.8) is 0 Å². The van der Waals surface area contributed by atoms with E-state index in [-0.39, 0.29) is 12.5 Å². The molecule has 2 heterocycles. The Bertz CT molecular complexity index is 654. The number of piperazine rings is 1. The van der Waals surface area contributed by atoms with Gasteiger partial charge in [0.15, 0.2) is 0 Å². The molecule has 0 aliphatic carbocycles. The van der Waals surface area contributed by atoms with Gasteiger partial charge in [0.25, 0.3) is 0 Å². The monoisotopic (exact) mass is 355 g/mol. The SMILES string of the molecule is CN1CCN(c2ccc(CNC(=O)CN(C)S(C)(=O)=O)cn2)CC1. The van der Waals surface area contributed by atoms with Crippen LogP contribution in [-0.4, -0.2) is 81.6 Å². The van der Waals surface area contributed by atoms with Crippen molar-refractivity contribution in [3.05, 3.63) is 23.9 Å². The zero-order valence-corrected chi connectivity index (χ0v) is 15.2. The highest BCUT2D eigenvalue weighted by atomic mass is 32.2. The van der Waals surface area contributed by atoms with E-state index in [0.717, 1.165) is 48.1 Å². The number of pyridine rings is 1. The van der Waals surface area contributed by atoms with Gasteiger partial charge in [0, 0.05) is 46.0 Å². The molecular weight excluding hydrogens is 330 g/mol. The van der Waals surface area contributed by atoms with Crippen LogP contribution in [-0.2, 0) is 21.4 Å². The first-order valence-corrected chi connectivity index (χ1v) is 9.67. The normalized spacial score (nSPS) is 16.4. The van der Waals surface area contributed by atoms with Crippen molar-refractivity contribution in [2.75, 3.05) is 58.0 Å². The van der Waals surface area contributed by atoms with Crippen LogP contribution in [0.15, 0.2) is 18.3 Å². The molecule has 8 nitrogen and oxygen atoms in total. The number of carbonyl (C=O) groups excluding carboxylic acids is 1. The summed E-state index contributed by atoms with van der Waals surface area (Å²) in [5.74, 6) is 0.598. The van der Waals surface area contributed by atoms with Gasteiger partial charge in [-0.05, 0) is 18.7 Å². The maximum atomic E-state index is 11.8. The summed E-state index contributed by atoms with van der Waals surface area (Å²) < 4.78 is 23.6. The minimum Gasteiger partial charge on any atom is -0.354 e. The highest BCUT2D eigenvalue weighted by molar-refractivity contribution is 7.88. The second-order valence-corrected chi connectivity index (χ2v) is 8.20. The summed E-state index contributed by atoms with van der Waals surface area (Å²) in [7, 11) is 0.134. The number of rotatable bonds is 6. The number of likely N-dealkylation sites (N-methyl/N-ethyl adjacent to an activating group) is 2. The number of nitrogens with one attached hydrogen (secondary N) is 1. The van der Waals surface area contributed by atoms with Crippen LogP contribution in [0.4, 0.5) is 5.82 Å². The van der Waals surface area contributed by atoms with Gasteiger partial charge >= 0.3 is 0 Å². The average Bonchev–Trinajstić information content (AvgIpc) is 2.53. The Morgan fingerprint density at radius 1 is 1.29 bits per heavy atom. The van der Waals surface area contributed by atoms with Crippen molar-refractivity contribution >= 4 is 21.7 Å². The maximum Gasteiger partial charge on any atom is 0.235 e. The van der Waals surface area contributed by atoms with Crippen molar-refractivity contribution < 1.29 is 13.2 Å². The maximum absolute atomic E-state index is 11.8. The summed E-state index contributed by atoms with van der Waals surface area (Å²) in [5, 5.41) is 2.70. The zero-order valence-electron chi connectivity index (χ0n) is 14.4. The molecule has 1 aromatic heterocycles. The van der Waals surface area contributed by atoms with Gasteiger partial charge in [-0.1, -0.05) is 6.07 Å². The Kier molecular flexibility index (Phi) is 6.14. The third-order valence-corrected chi connectivity index (χ3v) is 5.32. The molecular formula is C15H25N5O3S. The average molecular weight is 355 g/mol. The molecule has 0 radical (unpaired) electrons. The summed E-state index contributed by atoms with van der Waals surface area (Å²) in [6, 6.07) is 3.89. The fourth-order valence-corrected chi connectivity index (χ4v) is 2.67. The quantitative estimate of drug-likeness (QED) is 0.729. The number of hydrogen-bond donors (Lipinski definition) is 1. The number of nitrogens with zero attached hydrogens (tertiary/aromatic N) is 4. The van der Waals surface area contributed by atoms with Gasteiger partial charge in [0.05, 0.1) is 12.8 Å². The summed E-state index contributed by atoms with van der Waals surface area (Å²) in [5.41, 5.74) is 0.878. The molecule has 1 amide bonds. The van der Waals surface area contributed by atoms with E-state index in [1.807, 2.05) is 12.1 Å². The minimum absolute atomic E-state index is 0.189. The predicted octanol–water partition coefficient (Wildman–Crippen LogP) is -0.659. The molecule has 1 aliphatic rings. The first-order valence-electron chi connectivity index (χ1n) is 7.82. The highest BCUT2D eigenvalue weighted by Gasteiger charge is 2.16. The summed E-state index contributed by atoms with van der Waals surface area (Å²) in [4.78, 5) is 20.7. The van der Waals surface area contributed by atoms with E-state index < -0.39 is 10.0 Å². The predicted molar refractivity (Wildman–Crippen MR) is 93.3 cm³/mol. The van der Waals surface area contributed by atoms with Gasteiger partial charge in [-0.2, -0.15) is 4.31 Å². The molecule has 0 saturated carbocycles. The molecule has 24 heavy (non-hydrogen) atoms. The summed E-state index contributed by atoms with van der Waals surface area (Å²) in [6.45, 7) is 4.09. The van der Waals surface area contributed by atoms with Crippen molar-refractivity contribution in [1.82, 2.24) is 19.5 Å². The van der Waals surface area contributed by atoms with Gasteiger partial charge in [0.1, 0.15) is 5.82 Å². The molecule has 2 rings (SSSR count). The fourth-order valence-electron chi connectivity index (χ4n) is 2.32. The number of amides is 1. The second kappa shape index (κ2) is 7.91. The van der Waals surface area contributed by atoms with Crippen LogP contribution in [0.5, 0.6) is 0 Å². The van der Waals surface area contributed by atoms with Gasteiger partial charge in [-0.25, -0.2) is 13.4 Å². The number of aromatic nitrogens is 1. The lowest BCUT2D eigenvalue weighted by atomic mass is 10.2. The molecule has 1 N–H and O–H groups in total. The first kappa shape index (κ1) is 18.6. The van der Waals surface area contributed by atoms with Crippen LogP contribution in [0.3, 0.4) is 0 Å². The Balaban J connectivity index is 1.82. The van der Waals surface area contributed by atoms with Crippen molar-refractivity contribution in [2.45, 2.75) is 6.54 Å². The van der Waals surface area contributed by atoms with Gasteiger partial charge in [-0.3, -0.25) is 4.79 Å². The second-order valence-electron chi connectivity index (χ2n) is 6.11. The lowest BCUT2D eigenvalue weighted by molar-refractivity contribution is -0.121. The van der Waals surface area contributed by atoms with Crippen LogP contribution in [0.25, 0.3) is 0 Å². The van der Waals surface area contributed by atoms with Crippen LogP contribution in [0.1, 0.15) is 5.56 Å². The third kappa shape index (κ3) is 5.43. The highest BCUT2D eigenvalue weighted by Crippen LogP contribution is 2.13. The number of anilines is 1. The molecule has 0 aromatic carbocycles. The van der Waals surface area contributed by atoms with Gasteiger partial charge in [-0.15, -0.1) is 0 Å². The van der Waals surface area contributed by atoms with E-state index in [1.165, 1.54) is 7.05 Å². The fraction of sp³-hybridized carbons (Fsp3) is 0.600. The molecule has 0 bridgehead atoms. The number of carbonyl (C=O) groups is 1. The molecule has 0 atom stereocenters. The summed E-state index contributed by atoms with van der Waals surface area (Å²) >= 11 is 0. The lowest BCUT2D eigenvalue weighted by Crippen LogP contribution is -2.44. The Hall–Kier alpha value is -1.71. The van der Waals surface area contributed by atoms with Crippen molar-refractivity contribution in [2.24, 2.45) is 0 Å². The standard InChI is InChI=1S/C15H25N5O3S/c1-18-6-8-20(9-7-18)14-5-4-13(10-16-14)11-17-15(21)12-19(2)24(3,22)23/h4-5,10H,6-9,11-12H2,1-3H3,(H,17,21). The van der Waals surface area contributed by atoms with Crippen LogP contribution < -0.4 is 10.2 Å². The Labute approximate surface area is 143 Å². The van der Waals surface area contributed by atoms with Crippen LogP contribution in [0.2, 0.25) is 0 Å². The zero-order chi connectivity index (χ0) is 17.7. The van der Waals surface area contributed by atoms with Gasteiger partial charge in [0.2, 0.25) is 15.9 Å². The third-order valence-electron chi connectivity index (χ3n) is 4.06. The van der Waals surface area contributed by atoms with E-state index in [1.54, 1.807) is 6.20 Å². The molecule has 9 heteroatoms. The van der Waals surface area contributed by atoms with E-state index in [4.69, 9.17) is 0 Å². The minimum atomic E-state index is -3.35. The number of sulfonamides is 1. The Morgan fingerprint density at radius 2 is 1.96 bits per heavy atom. The van der Waals surface area contributed by atoms with E-state index >= 15 is 0 Å². The molecule has 1 aliphatic heterocycles. The van der Waals surface area contributed by atoms with E-state index in [9.17, 15) is 13.2 Å².